The summed E-state index contributed by atoms with van der Waals surface area (Å²) in [6.45, 7) is 1.96. The molecule has 0 atom stereocenters. The van der Waals surface area contributed by atoms with Gasteiger partial charge in [-0.1, -0.05) is 42.0 Å². The average molecular weight is 354 g/mol. The van der Waals surface area contributed by atoms with Gasteiger partial charge in [-0.2, -0.15) is 10.5 Å². The lowest BCUT2D eigenvalue weighted by Gasteiger charge is -2.14. The maximum Gasteiger partial charge on any atom is 0.270 e. The molecule has 6 heteroatoms. The van der Waals surface area contributed by atoms with Crippen molar-refractivity contribution in [3.63, 3.8) is 0 Å². The SMILES string of the molecule is Cc1ccc(-c2cc(-c3cccc([N+](=O)[O-])c3)c(C#N)c(N)c2C#N)cc1. The lowest BCUT2D eigenvalue weighted by molar-refractivity contribution is -0.384. The van der Waals surface area contributed by atoms with Crippen LogP contribution in [0.2, 0.25) is 0 Å². The van der Waals surface area contributed by atoms with Crippen LogP contribution in [0, 0.1) is 39.7 Å². The van der Waals surface area contributed by atoms with Gasteiger partial charge >= 0.3 is 0 Å². The van der Waals surface area contributed by atoms with Crippen LogP contribution in [0.3, 0.4) is 0 Å². The first kappa shape index (κ1) is 17.7. The van der Waals surface area contributed by atoms with Gasteiger partial charge in [0.05, 0.1) is 21.7 Å². The van der Waals surface area contributed by atoms with Gasteiger partial charge < -0.3 is 5.73 Å². The number of non-ortho nitro benzene ring substituents is 1. The Kier molecular flexibility index (Phi) is 4.57. The van der Waals surface area contributed by atoms with Crippen molar-refractivity contribution in [2.45, 2.75) is 6.92 Å². The van der Waals surface area contributed by atoms with Crippen LogP contribution < -0.4 is 5.73 Å². The lowest BCUT2D eigenvalue weighted by Crippen LogP contribution is -2.01. The summed E-state index contributed by atoms with van der Waals surface area (Å²) in [4.78, 5) is 10.6. The topological polar surface area (TPSA) is 117 Å². The zero-order valence-electron chi connectivity index (χ0n) is 14.4. The van der Waals surface area contributed by atoms with Crippen LogP contribution in [-0.2, 0) is 0 Å². The fourth-order valence-corrected chi connectivity index (χ4v) is 2.92. The number of nitrogen functional groups attached to an aromatic ring is 1. The van der Waals surface area contributed by atoms with Crippen molar-refractivity contribution >= 4 is 11.4 Å². The molecule has 0 fully saturated rings. The lowest BCUT2D eigenvalue weighted by atomic mass is 9.89. The highest BCUT2D eigenvalue weighted by molar-refractivity contribution is 5.89. The van der Waals surface area contributed by atoms with E-state index in [1.807, 2.05) is 37.3 Å². The number of anilines is 1. The molecule has 0 aliphatic carbocycles. The van der Waals surface area contributed by atoms with Gasteiger partial charge in [-0.25, -0.2) is 0 Å². The molecule has 0 saturated carbocycles. The van der Waals surface area contributed by atoms with Crippen LogP contribution >= 0.6 is 0 Å². The van der Waals surface area contributed by atoms with Gasteiger partial charge in [0.25, 0.3) is 5.69 Å². The van der Waals surface area contributed by atoms with E-state index in [9.17, 15) is 20.6 Å². The first-order chi connectivity index (χ1) is 13.0. The highest BCUT2D eigenvalue weighted by Gasteiger charge is 2.19. The Balaban J connectivity index is 2.34. The van der Waals surface area contributed by atoms with E-state index in [0.717, 1.165) is 11.1 Å². The number of hydrogen-bond acceptors (Lipinski definition) is 5. The number of hydrogen-bond donors (Lipinski definition) is 1. The Morgan fingerprint density at radius 1 is 0.926 bits per heavy atom. The summed E-state index contributed by atoms with van der Waals surface area (Å²) >= 11 is 0. The minimum absolute atomic E-state index is 0.0691. The molecule has 0 bridgehead atoms. The van der Waals surface area contributed by atoms with E-state index in [4.69, 9.17) is 5.73 Å². The summed E-state index contributed by atoms with van der Waals surface area (Å²) in [5.74, 6) is 0. The number of nitrogens with two attached hydrogens (primary N) is 1. The molecule has 0 unspecified atom stereocenters. The molecule has 0 heterocycles. The number of nitro groups is 1. The molecule has 3 rings (SSSR count). The van der Waals surface area contributed by atoms with Gasteiger partial charge in [-0.3, -0.25) is 10.1 Å². The number of aryl methyl sites for hydroxylation is 1. The van der Waals surface area contributed by atoms with Crippen molar-refractivity contribution in [1.82, 2.24) is 0 Å². The van der Waals surface area contributed by atoms with E-state index in [2.05, 4.69) is 6.07 Å². The summed E-state index contributed by atoms with van der Waals surface area (Å²) in [5.41, 5.74) is 9.82. The first-order valence-corrected chi connectivity index (χ1v) is 8.04. The third-order valence-corrected chi connectivity index (χ3v) is 4.32. The van der Waals surface area contributed by atoms with E-state index in [0.29, 0.717) is 16.7 Å². The van der Waals surface area contributed by atoms with Crippen LogP contribution in [0.4, 0.5) is 11.4 Å². The summed E-state index contributed by atoms with van der Waals surface area (Å²) in [6, 6.07) is 19.4. The molecule has 3 aromatic rings. The molecule has 130 valence electrons. The smallest absolute Gasteiger partial charge is 0.270 e. The third-order valence-electron chi connectivity index (χ3n) is 4.32. The van der Waals surface area contributed by atoms with Crippen molar-refractivity contribution in [3.05, 3.63) is 81.4 Å². The van der Waals surface area contributed by atoms with Crippen LogP contribution in [0.1, 0.15) is 16.7 Å². The molecule has 0 aromatic heterocycles. The average Bonchev–Trinajstić information content (AvgIpc) is 2.68. The fraction of sp³-hybridized carbons (Fsp3) is 0.0476. The van der Waals surface area contributed by atoms with Gasteiger partial charge in [0, 0.05) is 23.3 Å². The van der Waals surface area contributed by atoms with E-state index in [-0.39, 0.29) is 22.5 Å². The maximum absolute atomic E-state index is 11.1. The predicted molar refractivity (Wildman–Crippen MR) is 103 cm³/mol. The summed E-state index contributed by atoms with van der Waals surface area (Å²) in [5, 5.41) is 30.3. The number of rotatable bonds is 3. The van der Waals surface area contributed by atoms with E-state index in [1.165, 1.54) is 12.1 Å². The van der Waals surface area contributed by atoms with Crippen molar-refractivity contribution in [3.8, 4) is 34.4 Å². The standard InChI is InChI=1S/C21H14N4O2/c1-13-5-7-14(8-6-13)17-10-18(20(12-23)21(24)19(17)11-22)15-3-2-4-16(9-15)25(26)27/h2-10H,24H2,1H3. The molecule has 0 amide bonds. The molecule has 0 saturated heterocycles. The zero-order chi connectivity index (χ0) is 19.6. The minimum atomic E-state index is -0.497. The molecule has 0 radical (unpaired) electrons. The fourth-order valence-electron chi connectivity index (χ4n) is 2.92. The van der Waals surface area contributed by atoms with Crippen molar-refractivity contribution in [2.75, 3.05) is 5.73 Å². The van der Waals surface area contributed by atoms with Crippen LogP contribution in [-0.4, -0.2) is 4.92 Å². The molecule has 0 aliphatic heterocycles. The van der Waals surface area contributed by atoms with Gasteiger partial charge in [-0.15, -0.1) is 0 Å². The molecular formula is C21H14N4O2. The third kappa shape index (κ3) is 3.20. The Bertz CT molecular complexity index is 1140. The Morgan fingerprint density at radius 2 is 1.52 bits per heavy atom. The monoisotopic (exact) mass is 354 g/mol. The van der Waals surface area contributed by atoms with E-state index in [1.54, 1.807) is 18.2 Å². The number of benzene rings is 3. The van der Waals surface area contributed by atoms with Crippen molar-refractivity contribution in [2.24, 2.45) is 0 Å². The number of nitriles is 2. The Labute approximate surface area is 155 Å². The Morgan fingerprint density at radius 3 is 2.07 bits per heavy atom. The quantitative estimate of drug-likeness (QED) is 0.420. The van der Waals surface area contributed by atoms with Gasteiger partial charge in [0.15, 0.2) is 0 Å². The first-order valence-electron chi connectivity index (χ1n) is 8.04. The van der Waals surface area contributed by atoms with Crippen molar-refractivity contribution in [1.29, 1.82) is 10.5 Å². The molecule has 27 heavy (non-hydrogen) atoms. The normalized spacial score (nSPS) is 10.0. The van der Waals surface area contributed by atoms with Gasteiger partial charge in [0.1, 0.15) is 12.1 Å². The second-order valence-corrected chi connectivity index (χ2v) is 6.03. The van der Waals surface area contributed by atoms with Crippen LogP contribution in [0.25, 0.3) is 22.3 Å². The number of nitro benzene ring substituents is 1. The Hall–Kier alpha value is -4.16. The predicted octanol–water partition coefficient (Wildman–Crippen LogP) is 4.56. The molecule has 3 aromatic carbocycles. The second kappa shape index (κ2) is 6.99. The minimum Gasteiger partial charge on any atom is -0.397 e. The highest BCUT2D eigenvalue weighted by Crippen LogP contribution is 2.38. The molecular weight excluding hydrogens is 340 g/mol. The van der Waals surface area contributed by atoms with E-state index >= 15 is 0 Å². The molecule has 0 aliphatic rings. The van der Waals surface area contributed by atoms with Gasteiger partial charge in [-0.05, 0) is 24.1 Å². The summed E-state index contributed by atoms with van der Waals surface area (Å²) < 4.78 is 0. The zero-order valence-corrected chi connectivity index (χ0v) is 14.4. The molecule has 0 spiro atoms. The second-order valence-electron chi connectivity index (χ2n) is 6.03. The largest absolute Gasteiger partial charge is 0.397 e. The summed E-state index contributed by atoms with van der Waals surface area (Å²) in [7, 11) is 0. The van der Waals surface area contributed by atoms with E-state index < -0.39 is 4.92 Å². The van der Waals surface area contributed by atoms with Crippen LogP contribution in [0.15, 0.2) is 54.6 Å². The maximum atomic E-state index is 11.1. The van der Waals surface area contributed by atoms with Crippen LogP contribution in [0.5, 0.6) is 0 Å². The molecule has 6 nitrogen and oxygen atoms in total. The van der Waals surface area contributed by atoms with Gasteiger partial charge in [0.2, 0.25) is 0 Å². The highest BCUT2D eigenvalue weighted by atomic mass is 16.6. The summed E-state index contributed by atoms with van der Waals surface area (Å²) in [6.07, 6.45) is 0. The number of nitrogens with zero attached hydrogens (tertiary/aromatic N) is 3. The molecule has 2 N–H and O–H groups in total. The van der Waals surface area contributed by atoms with Crippen molar-refractivity contribution < 1.29 is 4.92 Å².